The number of nitrogens with one attached hydrogen (secondary N) is 1. The smallest absolute Gasteiger partial charge is 0.340 e. The topological polar surface area (TPSA) is 55.4 Å². The lowest BCUT2D eigenvalue weighted by Gasteiger charge is -2.07. The minimum absolute atomic E-state index is 0.00475. The number of anilines is 1. The summed E-state index contributed by atoms with van der Waals surface area (Å²) in [7, 11) is 0. The molecule has 0 saturated carbocycles. The molecule has 2 aromatic rings. The van der Waals surface area contributed by atoms with Crippen molar-refractivity contribution >= 4 is 51.8 Å². The predicted octanol–water partition coefficient (Wildman–Crippen LogP) is 3.88. The van der Waals surface area contributed by atoms with Crippen LogP contribution in [-0.4, -0.2) is 18.5 Å². The van der Waals surface area contributed by atoms with Gasteiger partial charge in [0.15, 0.2) is 6.61 Å². The van der Waals surface area contributed by atoms with Crippen LogP contribution in [0.1, 0.15) is 10.4 Å². The fourth-order valence-corrected chi connectivity index (χ4v) is 2.20. The zero-order valence-electron chi connectivity index (χ0n) is 11.1. The van der Waals surface area contributed by atoms with Gasteiger partial charge in [-0.1, -0.05) is 11.6 Å². The number of esters is 1. The Labute approximate surface area is 144 Å². The highest BCUT2D eigenvalue weighted by atomic mass is 127. The van der Waals surface area contributed by atoms with E-state index in [2.05, 4.69) is 27.9 Å². The average Bonchev–Trinajstić information content (AvgIpc) is 2.47. The van der Waals surface area contributed by atoms with Crippen LogP contribution in [0, 0.1) is 9.39 Å². The second kappa shape index (κ2) is 7.55. The molecule has 2 aromatic carbocycles. The molecule has 1 N–H and O–H groups in total. The lowest BCUT2D eigenvalue weighted by Crippen LogP contribution is -2.21. The van der Waals surface area contributed by atoms with E-state index in [1.807, 2.05) is 12.1 Å². The molecule has 0 aliphatic heterocycles. The van der Waals surface area contributed by atoms with E-state index in [9.17, 15) is 14.0 Å². The van der Waals surface area contributed by atoms with Gasteiger partial charge in [0.05, 0.1) is 10.6 Å². The lowest BCUT2D eigenvalue weighted by molar-refractivity contribution is -0.119. The molecule has 2 rings (SSSR count). The monoisotopic (exact) mass is 433 g/mol. The molecule has 1 amide bonds. The summed E-state index contributed by atoms with van der Waals surface area (Å²) in [5, 5.41) is 2.52. The van der Waals surface area contributed by atoms with Crippen LogP contribution in [-0.2, 0) is 9.53 Å². The van der Waals surface area contributed by atoms with Crippen molar-refractivity contribution in [2.75, 3.05) is 11.9 Å². The van der Waals surface area contributed by atoms with Gasteiger partial charge in [-0.2, -0.15) is 0 Å². The summed E-state index contributed by atoms with van der Waals surface area (Å²) in [6, 6.07) is 10.4. The molecule has 0 radical (unpaired) electrons. The maximum Gasteiger partial charge on any atom is 0.340 e. The molecule has 0 fully saturated rings. The summed E-state index contributed by atoms with van der Waals surface area (Å²) >= 11 is 7.89. The largest absolute Gasteiger partial charge is 0.452 e. The second-order valence-corrected chi connectivity index (χ2v) is 5.91. The van der Waals surface area contributed by atoms with Crippen molar-refractivity contribution in [2.24, 2.45) is 0 Å². The number of carbonyl (C=O) groups is 2. The van der Waals surface area contributed by atoms with Gasteiger partial charge in [-0.25, -0.2) is 9.18 Å². The molecule has 0 bridgehead atoms. The van der Waals surface area contributed by atoms with Gasteiger partial charge in [-0.3, -0.25) is 4.79 Å². The molecule has 4 nitrogen and oxygen atoms in total. The van der Waals surface area contributed by atoms with E-state index in [1.54, 1.807) is 12.1 Å². The minimum atomic E-state index is -0.789. The Hall–Kier alpha value is -1.67. The molecule has 0 spiro atoms. The minimum Gasteiger partial charge on any atom is -0.452 e. The maximum atomic E-state index is 12.9. The van der Waals surface area contributed by atoms with Crippen molar-refractivity contribution in [1.29, 1.82) is 0 Å². The molecule has 0 aliphatic carbocycles. The Kier molecular flexibility index (Phi) is 5.73. The first-order valence-corrected chi connectivity index (χ1v) is 7.59. The molecule has 7 heteroatoms. The molecule has 22 heavy (non-hydrogen) atoms. The van der Waals surface area contributed by atoms with Gasteiger partial charge in [-0.05, 0) is 65.1 Å². The van der Waals surface area contributed by atoms with Crippen molar-refractivity contribution in [1.82, 2.24) is 0 Å². The molecule has 0 heterocycles. The molecule has 114 valence electrons. The van der Waals surface area contributed by atoms with Crippen LogP contribution in [0.25, 0.3) is 0 Å². The third kappa shape index (κ3) is 4.67. The van der Waals surface area contributed by atoms with E-state index in [4.69, 9.17) is 16.3 Å². The second-order valence-electron chi connectivity index (χ2n) is 4.26. The number of amides is 1. The van der Waals surface area contributed by atoms with Crippen LogP contribution >= 0.6 is 34.2 Å². The highest BCUT2D eigenvalue weighted by Crippen LogP contribution is 2.18. The maximum absolute atomic E-state index is 12.9. The van der Waals surface area contributed by atoms with E-state index >= 15 is 0 Å². The van der Waals surface area contributed by atoms with Crippen molar-refractivity contribution in [3.63, 3.8) is 0 Å². The van der Waals surface area contributed by atoms with Gasteiger partial charge < -0.3 is 10.1 Å². The average molecular weight is 434 g/mol. The number of halogens is 3. The summed E-state index contributed by atoms with van der Waals surface area (Å²) in [4.78, 5) is 23.5. The third-order valence-corrected chi connectivity index (χ3v) is 3.65. The number of ether oxygens (including phenoxy) is 1. The standard InChI is InChI=1S/C15H10ClFINO3/c16-13-7-9(17)1-6-12(13)15(21)22-8-14(20)19-11-4-2-10(18)3-5-11/h1-7H,8H2,(H,19,20). The predicted molar refractivity (Wildman–Crippen MR) is 89.5 cm³/mol. The fourth-order valence-electron chi connectivity index (χ4n) is 1.59. The van der Waals surface area contributed by atoms with Gasteiger partial charge in [-0.15, -0.1) is 0 Å². The highest BCUT2D eigenvalue weighted by Gasteiger charge is 2.14. The first-order valence-electron chi connectivity index (χ1n) is 6.13. The van der Waals surface area contributed by atoms with Crippen LogP contribution in [0.5, 0.6) is 0 Å². The molecule has 0 saturated heterocycles. The van der Waals surface area contributed by atoms with Crippen LogP contribution < -0.4 is 5.32 Å². The van der Waals surface area contributed by atoms with E-state index in [1.165, 1.54) is 6.07 Å². The van der Waals surface area contributed by atoms with Crippen molar-refractivity contribution in [3.05, 3.63) is 62.4 Å². The van der Waals surface area contributed by atoms with Gasteiger partial charge in [0.25, 0.3) is 5.91 Å². The molecule has 0 unspecified atom stereocenters. The lowest BCUT2D eigenvalue weighted by atomic mass is 10.2. The number of benzene rings is 2. The van der Waals surface area contributed by atoms with Crippen molar-refractivity contribution < 1.29 is 18.7 Å². The van der Waals surface area contributed by atoms with E-state index in [-0.39, 0.29) is 10.6 Å². The third-order valence-electron chi connectivity index (χ3n) is 2.61. The number of carbonyl (C=O) groups excluding carboxylic acids is 2. The van der Waals surface area contributed by atoms with Crippen LogP contribution in [0.3, 0.4) is 0 Å². The summed E-state index contributed by atoms with van der Waals surface area (Å²) in [5.41, 5.74) is 0.603. The summed E-state index contributed by atoms with van der Waals surface area (Å²) in [5.74, 6) is -1.83. The Morgan fingerprint density at radius 3 is 2.50 bits per heavy atom. The summed E-state index contributed by atoms with van der Waals surface area (Å²) in [6.45, 7) is -0.460. The van der Waals surface area contributed by atoms with Crippen molar-refractivity contribution in [3.8, 4) is 0 Å². The van der Waals surface area contributed by atoms with Gasteiger partial charge in [0, 0.05) is 9.26 Å². The number of rotatable bonds is 4. The van der Waals surface area contributed by atoms with Crippen LogP contribution in [0.15, 0.2) is 42.5 Å². The van der Waals surface area contributed by atoms with Crippen LogP contribution in [0.2, 0.25) is 5.02 Å². The molecular weight excluding hydrogens is 424 g/mol. The quantitative estimate of drug-likeness (QED) is 0.588. The first-order chi connectivity index (χ1) is 10.5. The first kappa shape index (κ1) is 16.7. The van der Waals surface area contributed by atoms with E-state index in [0.29, 0.717) is 5.69 Å². The zero-order valence-corrected chi connectivity index (χ0v) is 14.0. The van der Waals surface area contributed by atoms with Crippen LogP contribution in [0.4, 0.5) is 10.1 Å². The Balaban J connectivity index is 1.90. The van der Waals surface area contributed by atoms with Gasteiger partial charge >= 0.3 is 5.97 Å². The number of hydrogen-bond acceptors (Lipinski definition) is 3. The Bertz CT molecular complexity index is 706. The Morgan fingerprint density at radius 2 is 1.86 bits per heavy atom. The van der Waals surface area contributed by atoms with Crippen molar-refractivity contribution in [2.45, 2.75) is 0 Å². The molecule has 0 aromatic heterocycles. The van der Waals surface area contributed by atoms with Gasteiger partial charge in [0.2, 0.25) is 0 Å². The highest BCUT2D eigenvalue weighted by molar-refractivity contribution is 14.1. The zero-order chi connectivity index (χ0) is 16.1. The summed E-state index contributed by atoms with van der Waals surface area (Å²) < 4.78 is 18.8. The Morgan fingerprint density at radius 1 is 1.18 bits per heavy atom. The fraction of sp³-hybridized carbons (Fsp3) is 0.0667. The molecular formula is C15H10ClFINO3. The molecule has 0 aliphatic rings. The molecule has 0 atom stereocenters. The van der Waals surface area contributed by atoms with E-state index in [0.717, 1.165) is 15.7 Å². The van der Waals surface area contributed by atoms with E-state index < -0.39 is 24.3 Å². The number of hydrogen-bond donors (Lipinski definition) is 1. The van der Waals surface area contributed by atoms with Gasteiger partial charge in [0.1, 0.15) is 5.82 Å². The normalized spacial score (nSPS) is 10.1. The summed E-state index contributed by atoms with van der Waals surface area (Å²) in [6.07, 6.45) is 0. The SMILES string of the molecule is O=C(COC(=O)c1ccc(F)cc1Cl)Nc1ccc(I)cc1.